The van der Waals surface area contributed by atoms with Gasteiger partial charge in [0.25, 0.3) is 0 Å². The molecule has 1 aromatic carbocycles. The molecular weight excluding hydrogens is 248 g/mol. The Morgan fingerprint density at radius 2 is 2.15 bits per heavy atom. The number of benzene rings is 1. The highest BCUT2D eigenvalue weighted by atomic mass is 16.5. The van der Waals surface area contributed by atoms with E-state index in [0.29, 0.717) is 12.1 Å². The molecule has 2 unspecified atom stereocenters. The Kier molecular flexibility index (Phi) is 6.51. The van der Waals surface area contributed by atoms with Crippen molar-refractivity contribution < 1.29 is 4.74 Å². The summed E-state index contributed by atoms with van der Waals surface area (Å²) >= 11 is 0. The minimum absolute atomic E-state index is 0.405. The molecule has 0 aromatic heterocycles. The topological polar surface area (TPSA) is 24.5 Å². The van der Waals surface area contributed by atoms with Crippen molar-refractivity contribution >= 4 is 0 Å². The molecule has 0 aliphatic carbocycles. The molecule has 20 heavy (non-hydrogen) atoms. The Morgan fingerprint density at radius 1 is 1.35 bits per heavy atom. The van der Waals surface area contributed by atoms with Gasteiger partial charge in [0, 0.05) is 25.7 Å². The lowest BCUT2D eigenvalue weighted by Gasteiger charge is -2.27. The van der Waals surface area contributed by atoms with Crippen LogP contribution in [0, 0.1) is 0 Å². The number of hydrogen-bond donors (Lipinski definition) is 1. The molecule has 0 bridgehead atoms. The van der Waals surface area contributed by atoms with Gasteiger partial charge >= 0.3 is 0 Å². The number of likely N-dealkylation sites (N-methyl/N-ethyl adjacent to an activating group) is 1. The van der Waals surface area contributed by atoms with Crippen molar-refractivity contribution in [3.05, 3.63) is 35.9 Å². The lowest BCUT2D eigenvalue weighted by Crippen LogP contribution is -2.37. The molecule has 2 atom stereocenters. The molecule has 1 aliphatic rings. The van der Waals surface area contributed by atoms with E-state index in [9.17, 15) is 0 Å². The van der Waals surface area contributed by atoms with Gasteiger partial charge in [0.15, 0.2) is 0 Å². The summed E-state index contributed by atoms with van der Waals surface area (Å²) in [4.78, 5) is 2.40. The third-order valence-corrected chi connectivity index (χ3v) is 3.88. The number of nitrogens with one attached hydrogen (secondary N) is 1. The van der Waals surface area contributed by atoms with Gasteiger partial charge in [-0.2, -0.15) is 0 Å². The van der Waals surface area contributed by atoms with Crippen molar-refractivity contribution in [2.45, 2.75) is 38.3 Å². The lowest BCUT2D eigenvalue weighted by atomic mass is 10.1. The molecule has 0 spiro atoms. The van der Waals surface area contributed by atoms with Crippen LogP contribution in [0.25, 0.3) is 0 Å². The quantitative estimate of drug-likeness (QED) is 0.790. The monoisotopic (exact) mass is 276 g/mol. The van der Waals surface area contributed by atoms with Crippen molar-refractivity contribution in [1.29, 1.82) is 0 Å². The molecule has 1 heterocycles. The van der Waals surface area contributed by atoms with Crippen LogP contribution in [0.15, 0.2) is 30.3 Å². The fraction of sp³-hybridized carbons (Fsp3) is 0.647. The molecule has 112 valence electrons. The van der Waals surface area contributed by atoms with Crippen molar-refractivity contribution in [3.63, 3.8) is 0 Å². The van der Waals surface area contributed by atoms with E-state index >= 15 is 0 Å². The molecule has 0 radical (unpaired) electrons. The van der Waals surface area contributed by atoms with Crippen LogP contribution in [0.1, 0.15) is 37.8 Å². The molecular formula is C17H28N2O. The molecule has 0 amide bonds. The summed E-state index contributed by atoms with van der Waals surface area (Å²) in [6.07, 6.45) is 4.03. The van der Waals surface area contributed by atoms with Gasteiger partial charge in [-0.3, -0.25) is 0 Å². The zero-order valence-corrected chi connectivity index (χ0v) is 12.8. The highest BCUT2D eigenvalue weighted by Crippen LogP contribution is 2.17. The molecule has 2 rings (SSSR count). The van der Waals surface area contributed by atoms with E-state index in [1.54, 1.807) is 0 Å². The van der Waals surface area contributed by atoms with Crippen molar-refractivity contribution in [3.8, 4) is 0 Å². The smallest absolute Gasteiger partial charge is 0.0702 e. The van der Waals surface area contributed by atoms with Gasteiger partial charge in [0.1, 0.15) is 0 Å². The molecule has 1 N–H and O–H groups in total. The van der Waals surface area contributed by atoms with Gasteiger partial charge in [-0.25, -0.2) is 0 Å². The largest absolute Gasteiger partial charge is 0.377 e. The van der Waals surface area contributed by atoms with Crippen LogP contribution in [-0.4, -0.2) is 44.3 Å². The van der Waals surface area contributed by atoms with Gasteiger partial charge in [-0.15, -0.1) is 0 Å². The zero-order chi connectivity index (χ0) is 14.2. The summed E-state index contributed by atoms with van der Waals surface area (Å²) in [5.74, 6) is 0. The Labute approximate surface area is 123 Å². The fourth-order valence-electron chi connectivity index (χ4n) is 2.81. The van der Waals surface area contributed by atoms with E-state index in [1.165, 1.54) is 24.8 Å². The third kappa shape index (κ3) is 4.89. The summed E-state index contributed by atoms with van der Waals surface area (Å²) in [5, 5.41) is 3.66. The van der Waals surface area contributed by atoms with Crippen LogP contribution in [0.5, 0.6) is 0 Å². The van der Waals surface area contributed by atoms with Crippen LogP contribution in [0.4, 0.5) is 0 Å². The predicted molar refractivity (Wildman–Crippen MR) is 83.9 cm³/mol. The number of hydrogen-bond acceptors (Lipinski definition) is 3. The van der Waals surface area contributed by atoms with Gasteiger partial charge in [-0.1, -0.05) is 37.3 Å². The van der Waals surface area contributed by atoms with Crippen LogP contribution < -0.4 is 5.32 Å². The highest BCUT2D eigenvalue weighted by molar-refractivity contribution is 5.19. The van der Waals surface area contributed by atoms with Crippen LogP contribution in [0.3, 0.4) is 0 Å². The maximum atomic E-state index is 5.73. The van der Waals surface area contributed by atoms with Crippen LogP contribution >= 0.6 is 0 Å². The Morgan fingerprint density at radius 3 is 2.80 bits per heavy atom. The molecule has 3 nitrogen and oxygen atoms in total. The van der Waals surface area contributed by atoms with E-state index < -0.39 is 0 Å². The standard InChI is InChI=1S/C17H28N2O/c1-3-11-18-17(15-8-5-4-6-9-15)14-19(2)13-16-10-7-12-20-16/h4-6,8-9,16-18H,3,7,10-14H2,1-2H3. The van der Waals surface area contributed by atoms with Gasteiger partial charge in [0.05, 0.1) is 6.10 Å². The Hall–Kier alpha value is -0.900. The van der Waals surface area contributed by atoms with Gasteiger partial charge in [-0.05, 0) is 38.4 Å². The average Bonchev–Trinajstić information content (AvgIpc) is 2.97. The molecule has 1 saturated heterocycles. The maximum Gasteiger partial charge on any atom is 0.0702 e. The van der Waals surface area contributed by atoms with E-state index in [-0.39, 0.29) is 0 Å². The van der Waals surface area contributed by atoms with Crippen molar-refractivity contribution in [2.75, 3.05) is 33.3 Å². The zero-order valence-electron chi connectivity index (χ0n) is 12.8. The Balaban J connectivity index is 1.89. The van der Waals surface area contributed by atoms with Crippen LogP contribution in [-0.2, 0) is 4.74 Å². The SMILES string of the molecule is CCCNC(CN(C)CC1CCCO1)c1ccccc1. The van der Waals surface area contributed by atoms with Gasteiger partial charge < -0.3 is 15.0 Å². The average molecular weight is 276 g/mol. The molecule has 0 saturated carbocycles. The second kappa shape index (κ2) is 8.40. The summed E-state index contributed by atoms with van der Waals surface area (Å²) < 4.78 is 5.73. The summed E-state index contributed by atoms with van der Waals surface area (Å²) in [6, 6.07) is 11.2. The number of rotatable bonds is 8. The van der Waals surface area contributed by atoms with Crippen LogP contribution in [0.2, 0.25) is 0 Å². The van der Waals surface area contributed by atoms with E-state index in [2.05, 4.69) is 54.5 Å². The normalized spacial score (nSPS) is 20.4. The molecule has 1 aliphatic heterocycles. The Bertz CT molecular complexity index is 363. The summed E-state index contributed by atoms with van der Waals surface area (Å²) in [7, 11) is 2.20. The molecule has 3 heteroatoms. The maximum absolute atomic E-state index is 5.73. The second-order valence-electron chi connectivity index (χ2n) is 5.77. The molecule has 1 aromatic rings. The fourth-order valence-corrected chi connectivity index (χ4v) is 2.81. The second-order valence-corrected chi connectivity index (χ2v) is 5.77. The minimum atomic E-state index is 0.405. The third-order valence-electron chi connectivity index (χ3n) is 3.88. The van der Waals surface area contributed by atoms with E-state index in [1.807, 2.05) is 0 Å². The molecule has 1 fully saturated rings. The first-order valence-corrected chi connectivity index (χ1v) is 7.88. The summed E-state index contributed by atoms with van der Waals surface area (Å²) in [6.45, 7) is 6.29. The first-order chi connectivity index (χ1) is 9.79. The highest BCUT2D eigenvalue weighted by Gasteiger charge is 2.19. The predicted octanol–water partition coefficient (Wildman–Crippen LogP) is 2.84. The van der Waals surface area contributed by atoms with Crippen molar-refractivity contribution in [1.82, 2.24) is 10.2 Å². The lowest BCUT2D eigenvalue weighted by molar-refractivity contribution is 0.0784. The first kappa shape index (κ1) is 15.5. The number of nitrogens with zero attached hydrogens (tertiary/aromatic N) is 1. The first-order valence-electron chi connectivity index (χ1n) is 7.88. The van der Waals surface area contributed by atoms with E-state index in [0.717, 1.165) is 26.2 Å². The summed E-state index contributed by atoms with van der Waals surface area (Å²) in [5.41, 5.74) is 1.38. The minimum Gasteiger partial charge on any atom is -0.377 e. The van der Waals surface area contributed by atoms with Gasteiger partial charge in [0.2, 0.25) is 0 Å². The van der Waals surface area contributed by atoms with E-state index in [4.69, 9.17) is 4.74 Å². The van der Waals surface area contributed by atoms with Crippen molar-refractivity contribution in [2.24, 2.45) is 0 Å². The number of ether oxygens (including phenoxy) is 1.